The molecule has 1 amide bonds. The zero-order valence-electron chi connectivity index (χ0n) is 20.1. The van der Waals surface area contributed by atoms with Crippen LogP contribution in [0.2, 0.25) is 5.02 Å². The Morgan fingerprint density at radius 3 is 2.58 bits per heavy atom. The number of sulfonamides is 1. The summed E-state index contributed by atoms with van der Waals surface area (Å²) >= 11 is 5.90. The number of aryl methyl sites for hydroxylation is 2. The van der Waals surface area contributed by atoms with Gasteiger partial charge in [-0.25, -0.2) is 13.4 Å². The Balaban J connectivity index is 1.62. The summed E-state index contributed by atoms with van der Waals surface area (Å²) in [6.45, 7) is 3.77. The molecule has 1 aromatic heterocycles. The Morgan fingerprint density at radius 1 is 1.19 bits per heavy atom. The summed E-state index contributed by atoms with van der Waals surface area (Å²) in [6.07, 6.45) is 0.201. The second-order valence-corrected chi connectivity index (χ2v) is 10.2. The van der Waals surface area contributed by atoms with Gasteiger partial charge >= 0.3 is 5.97 Å². The van der Waals surface area contributed by atoms with Gasteiger partial charge in [-0.3, -0.25) is 9.59 Å². The number of rotatable bonds is 10. The number of nitrogens with zero attached hydrogens (tertiary/aromatic N) is 4. The number of hydrogen-bond donors (Lipinski definition) is 1. The number of fused-ring (bicyclic) bond motifs is 1. The maximum atomic E-state index is 12.8. The van der Waals surface area contributed by atoms with Crippen molar-refractivity contribution in [3.05, 3.63) is 52.8 Å². The Bertz CT molecular complexity index is 1440. The fourth-order valence-corrected chi connectivity index (χ4v) is 5.31. The number of halogens is 1. The van der Waals surface area contributed by atoms with Crippen molar-refractivity contribution >= 4 is 50.2 Å². The molecule has 0 atom stereocenters. The SMILES string of the molecule is CCN(CC)S(=O)(=O)c1ccc2c(c1)nc(CCC(=O)OCC(=O)Nc1cc(Cl)ccc1C#N)n2C. The highest BCUT2D eigenvalue weighted by atomic mass is 35.5. The molecule has 1 heterocycles. The summed E-state index contributed by atoms with van der Waals surface area (Å²) in [7, 11) is -1.84. The molecule has 0 aliphatic heterocycles. The third-order valence-corrected chi connectivity index (χ3v) is 7.86. The van der Waals surface area contributed by atoms with E-state index in [0.717, 1.165) is 5.52 Å². The number of imidazole rings is 1. The minimum absolute atomic E-state index is 0.0321. The van der Waals surface area contributed by atoms with Crippen LogP contribution < -0.4 is 5.32 Å². The van der Waals surface area contributed by atoms with E-state index in [0.29, 0.717) is 29.5 Å². The van der Waals surface area contributed by atoms with Crippen LogP contribution in [0.3, 0.4) is 0 Å². The van der Waals surface area contributed by atoms with E-state index in [2.05, 4.69) is 10.3 Å². The number of carbonyl (C=O) groups is 2. The Labute approximate surface area is 214 Å². The third kappa shape index (κ3) is 6.02. The molecule has 0 unspecified atom stereocenters. The summed E-state index contributed by atoms with van der Waals surface area (Å²) in [6, 6.07) is 11.2. The van der Waals surface area contributed by atoms with Gasteiger partial charge in [0.05, 0.1) is 33.6 Å². The normalized spacial score (nSPS) is 11.4. The molecule has 36 heavy (non-hydrogen) atoms. The Hall–Kier alpha value is -3.46. The Morgan fingerprint density at radius 2 is 1.92 bits per heavy atom. The van der Waals surface area contributed by atoms with E-state index < -0.39 is 28.5 Å². The van der Waals surface area contributed by atoms with Crippen molar-refractivity contribution in [3.8, 4) is 6.07 Å². The highest BCUT2D eigenvalue weighted by Crippen LogP contribution is 2.23. The van der Waals surface area contributed by atoms with Crippen molar-refractivity contribution in [2.75, 3.05) is 25.0 Å². The molecule has 0 saturated heterocycles. The zero-order valence-corrected chi connectivity index (χ0v) is 21.7. The van der Waals surface area contributed by atoms with Crippen LogP contribution in [0, 0.1) is 11.3 Å². The first kappa shape index (κ1) is 27.1. The van der Waals surface area contributed by atoms with Crippen LogP contribution in [-0.2, 0) is 37.8 Å². The first-order chi connectivity index (χ1) is 17.1. The standard InChI is InChI=1S/C24H26ClN5O5S/c1-4-30(5-2)36(33,34)18-8-9-21-20(13-18)27-22(29(21)3)10-11-24(32)35-15-23(31)28-19-12-17(25)7-6-16(19)14-26/h6-9,12-13H,4-5,10-11,15H2,1-3H3,(H,28,31). The zero-order chi connectivity index (χ0) is 26.5. The molecular weight excluding hydrogens is 506 g/mol. The molecule has 2 aromatic carbocycles. The predicted molar refractivity (Wildman–Crippen MR) is 135 cm³/mol. The molecular formula is C24H26ClN5O5S. The van der Waals surface area contributed by atoms with E-state index >= 15 is 0 Å². The van der Waals surface area contributed by atoms with Crippen LogP contribution in [0.1, 0.15) is 31.7 Å². The van der Waals surface area contributed by atoms with E-state index in [1.165, 1.54) is 28.6 Å². The van der Waals surface area contributed by atoms with E-state index in [-0.39, 0.29) is 29.0 Å². The molecule has 3 rings (SSSR count). The number of carbonyl (C=O) groups excluding carboxylic acids is 2. The Kier molecular flexibility index (Phi) is 8.68. The number of aromatic nitrogens is 2. The van der Waals surface area contributed by atoms with Crippen LogP contribution in [0.4, 0.5) is 5.69 Å². The molecule has 190 valence electrons. The van der Waals surface area contributed by atoms with Crippen molar-refractivity contribution in [1.29, 1.82) is 5.26 Å². The number of esters is 1. The molecule has 10 nitrogen and oxygen atoms in total. The van der Waals surface area contributed by atoms with E-state index in [9.17, 15) is 18.0 Å². The maximum absolute atomic E-state index is 12.8. The van der Waals surface area contributed by atoms with Gasteiger partial charge in [0.25, 0.3) is 5.91 Å². The fraction of sp³-hybridized carbons (Fsp3) is 0.333. The number of amides is 1. The molecule has 3 aromatic rings. The summed E-state index contributed by atoms with van der Waals surface area (Å²) in [5, 5.41) is 12.0. The first-order valence-electron chi connectivity index (χ1n) is 11.2. The van der Waals surface area contributed by atoms with Crippen molar-refractivity contribution in [1.82, 2.24) is 13.9 Å². The van der Waals surface area contributed by atoms with Gasteiger partial charge in [0.15, 0.2) is 6.61 Å². The summed E-state index contributed by atoms with van der Waals surface area (Å²) in [5.41, 5.74) is 1.69. The maximum Gasteiger partial charge on any atom is 0.306 e. The predicted octanol–water partition coefficient (Wildman–Crippen LogP) is 3.24. The largest absolute Gasteiger partial charge is 0.456 e. The average Bonchev–Trinajstić information content (AvgIpc) is 3.17. The second kappa shape index (κ2) is 11.5. The highest BCUT2D eigenvalue weighted by molar-refractivity contribution is 7.89. The second-order valence-electron chi connectivity index (χ2n) is 7.84. The van der Waals surface area contributed by atoms with Crippen molar-refractivity contribution in [2.24, 2.45) is 7.05 Å². The van der Waals surface area contributed by atoms with Crippen LogP contribution in [0.5, 0.6) is 0 Å². The monoisotopic (exact) mass is 531 g/mol. The summed E-state index contributed by atoms with van der Waals surface area (Å²) < 4.78 is 33.8. The third-order valence-electron chi connectivity index (χ3n) is 5.58. The number of ether oxygens (including phenoxy) is 1. The lowest BCUT2D eigenvalue weighted by Gasteiger charge is -2.18. The number of hydrogen-bond acceptors (Lipinski definition) is 7. The first-order valence-corrected chi connectivity index (χ1v) is 13.0. The summed E-state index contributed by atoms with van der Waals surface area (Å²) in [5.74, 6) is -0.637. The van der Waals surface area contributed by atoms with Gasteiger partial charge in [-0.2, -0.15) is 9.57 Å². The molecule has 0 radical (unpaired) electrons. The molecule has 0 bridgehead atoms. The molecule has 0 aliphatic carbocycles. The minimum atomic E-state index is -3.62. The molecule has 0 spiro atoms. The highest BCUT2D eigenvalue weighted by Gasteiger charge is 2.23. The van der Waals surface area contributed by atoms with Crippen molar-refractivity contribution in [3.63, 3.8) is 0 Å². The lowest BCUT2D eigenvalue weighted by atomic mass is 10.2. The number of anilines is 1. The van der Waals surface area contributed by atoms with Crippen LogP contribution >= 0.6 is 11.6 Å². The molecule has 0 aliphatic rings. The van der Waals surface area contributed by atoms with Gasteiger partial charge in [-0.15, -0.1) is 0 Å². The smallest absolute Gasteiger partial charge is 0.306 e. The van der Waals surface area contributed by atoms with Gasteiger partial charge in [-0.1, -0.05) is 25.4 Å². The number of nitrogens with one attached hydrogen (secondary N) is 1. The lowest BCUT2D eigenvalue weighted by Crippen LogP contribution is -2.30. The average molecular weight is 532 g/mol. The van der Waals surface area contributed by atoms with Crippen molar-refractivity contribution in [2.45, 2.75) is 31.6 Å². The number of nitriles is 1. The van der Waals surface area contributed by atoms with Gasteiger partial charge in [0.1, 0.15) is 11.9 Å². The van der Waals surface area contributed by atoms with Crippen LogP contribution in [-0.4, -0.2) is 53.8 Å². The molecule has 1 N–H and O–H groups in total. The lowest BCUT2D eigenvalue weighted by molar-refractivity contribution is -0.147. The summed E-state index contributed by atoms with van der Waals surface area (Å²) in [4.78, 5) is 29.0. The van der Waals surface area contributed by atoms with Crippen LogP contribution in [0.25, 0.3) is 11.0 Å². The molecule has 12 heteroatoms. The fourth-order valence-electron chi connectivity index (χ4n) is 3.66. The quantitative estimate of drug-likeness (QED) is 0.397. The van der Waals surface area contributed by atoms with E-state index in [1.54, 1.807) is 37.6 Å². The van der Waals surface area contributed by atoms with Gasteiger partial charge in [-0.05, 0) is 36.4 Å². The van der Waals surface area contributed by atoms with E-state index in [1.807, 2.05) is 6.07 Å². The van der Waals surface area contributed by atoms with Crippen molar-refractivity contribution < 1.29 is 22.7 Å². The minimum Gasteiger partial charge on any atom is -0.456 e. The van der Waals surface area contributed by atoms with Gasteiger partial charge < -0.3 is 14.6 Å². The topological polar surface area (TPSA) is 134 Å². The molecule has 0 saturated carbocycles. The molecule has 0 fully saturated rings. The van der Waals surface area contributed by atoms with E-state index in [4.69, 9.17) is 21.6 Å². The van der Waals surface area contributed by atoms with Gasteiger partial charge in [0, 0.05) is 31.6 Å². The van der Waals surface area contributed by atoms with Gasteiger partial charge in [0.2, 0.25) is 10.0 Å². The van der Waals surface area contributed by atoms with Crippen LogP contribution in [0.15, 0.2) is 41.3 Å². The number of benzene rings is 2.